The van der Waals surface area contributed by atoms with E-state index in [1.54, 1.807) is 25.3 Å². The largest absolute Gasteiger partial charge is 0.354 e. The van der Waals surface area contributed by atoms with Gasteiger partial charge in [-0.2, -0.15) is 4.98 Å². The summed E-state index contributed by atoms with van der Waals surface area (Å²) in [5.41, 5.74) is 1.64. The summed E-state index contributed by atoms with van der Waals surface area (Å²) in [6.45, 7) is 11.8. The lowest BCUT2D eigenvalue weighted by Crippen LogP contribution is -2.40. The van der Waals surface area contributed by atoms with Gasteiger partial charge in [0.25, 0.3) is 0 Å². The van der Waals surface area contributed by atoms with Crippen LogP contribution in [0.2, 0.25) is 0 Å². The van der Waals surface area contributed by atoms with Crippen LogP contribution in [0, 0.1) is 13.8 Å². The molecule has 0 saturated heterocycles. The minimum absolute atomic E-state index is 0.246. The fourth-order valence-corrected chi connectivity index (χ4v) is 4.06. The van der Waals surface area contributed by atoms with E-state index >= 15 is 0 Å². The maximum atomic E-state index is 12.7. The van der Waals surface area contributed by atoms with Crippen molar-refractivity contribution in [2.45, 2.75) is 52.0 Å². The monoisotopic (exact) mass is 377 g/mol. The van der Waals surface area contributed by atoms with Crippen LogP contribution < -0.4 is 15.4 Å². The number of nitrogens with one attached hydrogen (secondary N) is 3. The van der Waals surface area contributed by atoms with Crippen molar-refractivity contribution >= 4 is 27.5 Å². The fourth-order valence-electron chi connectivity index (χ4n) is 2.37. The summed E-state index contributed by atoms with van der Waals surface area (Å²) in [7, 11) is -3.63. The Bertz CT molecular complexity index is 889. The van der Waals surface area contributed by atoms with Crippen LogP contribution in [-0.2, 0) is 10.0 Å². The van der Waals surface area contributed by atoms with E-state index in [-0.39, 0.29) is 4.90 Å². The van der Waals surface area contributed by atoms with Crippen molar-refractivity contribution in [1.29, 1.82) is 0 Å². The van der Waals surface area contributed by atoms with E-state index in [9.17, 15) is 8.42 Å². The molecule has 0 saturated carbocycles. The van der Waals surface area contributed by atoms with Crippen LogP contribution >= 0.6 is 0 Å². The highest BCUT2D eigenvalue weighted by Gasteiger charge is 2.24. The summed E-state index contributed by atoms with van der Waals surface area (Å²) >= 11 is 0. The van der Waals surface area contributed by atoms with Gasteiger partial charge in [-0.25, -0.2) is 18.1 Å². The number of nitrogens with zero attached hydrogens (tertiary/aromatic N) is 2. The molecular formula is C18H27N5O2S. The first-order valence-corrected chi connectivity index (χ1v) is 9.99. The average Bonchev–Trinajstić information content (AvgIpc) is 2.50. The van der Waals surface area contributed by atoms with Gasteiger partial charge in [0.2, 0.25) is 16.0 Å². The van der Waals surface area contributed by atoms with Gasteiger partial charge >= 0.3 is 0 Å². The van der Waals surface area contributed by atoms with Gasteiger partial charge in [0.05, 0.1) is 4.90 Å². The van der Waals surface area contributed by atoms with Gasteiger partial charge in [-0.15, -0.1) is 0 Å². The molecule has 0 amide bonds. The van der Waals surface area contributed by atoms with Crippen molar-refractivity contribution in [1.82, 2.24) is 14.7 Å². The van der Waals surface area contributed by atoms with Gasteiger partial charge in [0, 0.05) is 29.5 Å². The summed E-state index contributed by atoms with van der Waals surface area (Å²) in [5, 5.41) is 6.25. The van der Waals surface area contributed by atoms with E-state index in [0.29, 0.717) is 29.6 Å². The van der Waals surface area contributed by atoms with Crippen LogP contribution in [0.1, 0.15) is 38.8 Å². The smallest absolute Gasteiger partial charge is 0.241 e. The molecule has 2 rings (SSSR count). The summed E-state index contributed by atoms with van der Waals surface area (Å²) in [6.07, 6.45) is 1.72. The van der Waals surface area contributed by atoms with Crippen molar-refractivity contribution in [3.05, 3.63) is 35.5 Å². The molecule has 26 heavy (non-hydrogen) atoms. The summed E-state index contributed by atoms with van der Waals surface area (Å²) in [6, 6.07) is 5.24. The van der Waals surface area contributed by atoms with E-state index in [1.807, 2.05) is 40.7 Å². The normalized spacial score (nSPS) is 12.1. The third-order valence-corrected chi connectivity index (χ3v) is 5.39. The maximum absolute atomic E-state index is 12.7. The Balaban J connectivity index is 2.37. The zero-order valence-electron chi connectivity index (χ0n) is 16.1. The molecule has 0 aliphatic carbocycles. The quantitative estimate of drug-likeness (QED) is 0.714. The second-order valence-corrected chi connectivity index (χ2v) is 8.87. The average molecular weight is 378 g/mol. The van der Waals surface area contributed by atoms with Gasteiger partial charge < -0.3 is 10.6 Å². The number of anilines is 3. The summed E-state index contributed by atoms with van der Waals surface area (Å²) in [4.78, 5) is 8.89. The molecule has 2 aromatic rings. The van der Waals surface area contributed by atoms with Crippen LogP contribution in [-0.4, -0.2) is 30.5 Å². The highest BCUT2D eigenvalue weighted by atomic mass is 32.2. The van der Waals surface area contributed by atoms with E-state index in [2.05, 4.69) is 25.3 Å². The first-order chi connectivity index (χ1) is 12.0. The number of benzene rings is 1. The highest BCUT2D eigenvalue weighted by molar-refractivity contribution is 7.89. The lowest BCUT2D eigenvalue weighted by Gasteiger charge is -2.21. The number of hydrogen-bond donors (Lipinski definition) is 3. The SMILES string of the molecule is CCNc1ncc(C)c(Nc2ccc(C)c(S(=O)(=O)NC(C)(C)C)c2)n1. The maximum Gasteiger partial charge on any atom is 0.241 e. The summed E-state index contributed by atoms with van der Waals surface area (Å²) < 4.78 is 28.1. The molecule has 142 valence electrons. The number of sulfonamides is 1. The Kier molecular flexibility index (Phi) is 5.87. The molecule has 7 nitrogen and oxygen atoms in total. The Morgan fingerprint density at radius 1 is 1.12 bits per heavy atom. The summed E-state index contributed by atoms with van der Waals surface area (Å²) in [5.74, 6) is 1.15. The van der Waals surface area contributed by atoms with Crippen molar-refractivity contribution in [2.24, 2.45) is 0 Å². The van der Waals surface area contributed by atoms with Gasteiger partial charge in [0.1, 0.15) is 5.82 Å². The molecular weight excluding hydrogens is 350 g/mol. The Morgan fingerprint density at radius 2 is 1.81 bits per heavy atom. The topological polar surface area (TPSA) is 96.0 Å². The van der Waals surface area contributed by atoms with Gasteiger partial charge in [-0.3, -0.25) is 0 Å². The molecule has 3 N–H and O–H groups in total. The molecule has 1 aromatic heterocycles. The third kappa shape index (κ3) is 5.15. The molecule has 8 heteroatoms. The van der Waals surface area contributed by atoms with Crippen molar-refractivity contribution in [3.63, 3.8) is 0 Å². The Morgan fingerprint density at radius 3 is 2.42 bits per heavy atom. The zero-order chi connectivity index (χ0) is 19.5. The Hall–Kier alpha value is -2.19. The lowest BCUT2D eigenvalue weighted by molar-refractivity contribution is 0.491. The minimum Gasteiger partial charge on any atom is -0.354 e. The molecule has 0 aliphatic rings. The molecule has 0 aliphatic heterocycles. The van der Waals surface area contributed by atoms with Gasteiger partial charge in [0.15, 0.2) is 0 Å². The molecule has 0 unspecified atom stereocenters. The molecule has 0 atom stereocenters. The van der Waals surface area contributed by atoms with Crippen molar-refractivity contribution < 1.29 is 8.42 Å². The first kappa shape index (κ1) is 20.1. The number of hydrogen-bond acceptors (Lipinski definition) is 6. The van der Waals surface area contributed by atoms with Gasteiger partial charge in [-0.1, -0.05) is 6.07 Å². The zero-order valence-corrected chi connectivity index (χ0v) is 17.0. The molecule has 0 fully saturated rings. The van der Waals surface area contributed by atoms with E-state index in [0.717, 1.165) is 5.56 Å². The van der Waals surface area contributed by atoms with Gasteiger partial charge in [-0.05, 0) is 59.2 Å². The van der Waals surface area contributed by atoms with Crippen molar-refractivity contribution in [3.8, 4) is 0 Å². The van der Waals surface area contributed by atoms with Crippen LogP contribution in [0.15, 0.2) is 29.3 Å². The van der Waals surface area contributed by atoms with E-state index in [1.165, 1.54) is 0 Å². The number of aromatic nitrogens is 2. The van der Waals surface area contributed by atoms with E-state index in [4.69, 9.17) is 0 Å². The lowest BCUT2D eigenvalue weighted by atomic mass is 10.1. The standard InChI is InChI=1S/C18H27N5O2S/c1-7-19-17-20-11-13(3)16(22-17)21-14-9-8-12(2)15(10-14)26(24,25)23-18(4,5)6/h8-11,23H,7H2,1-6H3,(H2,19,20,21,22). The molecule has 0 radical (unpaired) electrons. The molecule has 0 spiro atoms. The Labute approximate surface area is 155 Å². The van der Waals surface area contributed by atoms with Crippen LogP contribution in [0.3, 0.4) is 0 Å². The van der Waals surface area contributed by atoms with Crippen molar-refractivity contribution in [2.75, 3.05) is 17.2 Å². The first-order valence-electron chi connectivity index (χ1n) is 8.51. The van der Waals surface area contributed by atoms with Crippen LogP contribution in [0.5, 0.6) is 0 Å². The van der Waals surface area contributed by atoms with E-state index < -0.39 is 15.6 Å². The number of rotatable bonds is 6. The second kappa shape index (κ2) is 7.59. The third-order valence-electron chi connectivity index (χ3n) is 3.49. The van der Waals surface area contributed by atoms with Crippen LogP contribution in [0.4, 0.5) is 17.5 Å². The van der Waals surface area contributed by atoms with Crippen LogP contribution in [0.25, 0.3) is 0 Å². The highest BCUT2D eigenvalue weighted by Crippen LogP contribution is 2.25. The molecule has 1 heterocycles. The molecule has 1 aromatic carbocycles. The number of aryl methyl sites for hydroxylation is 2. The molecule has 0 bridgehead atoms. The second-order valence-electron chi connectivity index (χ2n) is 7.22. The predicted molar refractivity (Wildman–Crippen MR) is 105 cm³/mol. The minimum atomic E-state index is -3.63. The predicted octanol–water partition coefficient (Wildman–Crippen LogP) is 3.35. The fraction of sp³-hybridized carbons (Fsp3) is 0.444.